The molecule has 25 heavy (non-hydrogen) atoms. The maximum Gasteiger partial charge on any atom is 0.278 e. The van der Waals surface area contributed by atoms with Crippen molar-refractivity contribution in [1.82, 2.24) is 24.5 Å². The van der Waals surface area contributed by atoms with Gasteiger partial charge in [0.15, 0.2) is 17.4 Å². The predicted octanol–water partition coefficient (Wildman–Crippen LogP) is -1.21. The summed E-state index contributed by atoms with van der Waals surface area (Å²) in [6.07, 6.45) is -0.275. The molecule has 1 aliphatic heterocycles. The molecule has 10 heteroatoms. The van der Waals surface area contributed by atoms with Crippen molar-refractivity contribution in [3.8, 4) is 11.4 Å². The highest BCUT2D eigenvalue weighted by atomic mass is 16.6. The summed E-state index contributed by atoms with van der Waals surface area (Å²) in [5, 5.41) is 29.7. The molecule has 4 rings (SSSR count). The summed E-state index contributed by atoms with van der Waals surface area (Å²) in [5.74, 6) is 0.308. The first-order valence-corrected chi connectivity index (χ1v) is 7.60. The maximum absolute atomic E-state index is 12.1. The molecule has 1 saturated heterocycles. The molecule has 3 aromatic heterocycles. The summed E-state index contributed by atoms with van der Waals surface area (Å²) < 4.78 is 7.03. The van der Waals surface area contributed by atoms with E-state index in [1.165, 1.54) is 10.9 Å². The molecule has 4 atom stereocenters. The normalized spacial score (nSPS) is 26.4. The first-order chi connectivity index (χ1) is 12.1. The minimum absolute atomic E-state index is 0.0686. The lowest BCUT2D eigenvalue weighted by Gasteiger charge is -2.19. The number of nitrogens with one attached hydrogen (secondary N) is 1. The molecular weight excluding hydrogens is 330 g/mol. The molecule has 4 heterocycles. The lowest BCUT2D eigenvalue weighted by molar-refractivity contribution is -0.0503. The van der Waals surface area contributed by atoms with E-state index in [1.54, 1.807) is 24.5 Å². The average molecular weight is 345 g/mol. The van der Waals surface area contributed by atoms with Gasteiger partial charge in [-0.25, -0.2) is 9.97 Å². The standard InChI is InChI=1S/C15H15N5O5/c21-5-8-10(22)11(23)15(25-8)20-12(7-2-1-3-16-4-7)19-9-13(20)17-6-18-14(9)24/h1-4,6,8,10-11,15,21-23H,5H2,(H,17,18,24). The SMILES string of the molecule is O=c1[nH]cnc2c1nc(-c1cccnc1)n2C1OC(CO)C(O)C1O. The quantitative estimate of drug-likeness (QED) is 0.462. The number of ether oxygens (including phenoxy) is 1. The van der Waals surface area contributed by atoms with Crippen molar-refractivity contribution in [2.75, 3.05) is 6.61 Å². The van der Waals surface area contributed by atoms with Gasteiger partial charge in [0, 0.05) is 18.0 Å². The zero-order chi connectivity index (χ0) is 17.6. The second-order valence-corrected chi connectivity index (χ2v) is 5.68. The Bertz CT molecular complexity index is 956. The highest BCUT2D eigenvalue weighted by Crippen LogP contribution is 2.34. The summed E-state index contributed by atoms with van der Waals surface area (Å²) in [6.45, 7) is -0.461. The molecule has 0 aliphatic carbocycles. The third kappa shape index (κ3) is 2.43. The van der Waals surface area contributed by atoms with Crippen LogP contribution in [0.1, 0.15) is 6.23 Å². The van der Waals surface area contributed by atoms with Crippen LogP contribution >= 0.6 is 0 Å². The number of aliphatic hydroxyl groups is 3. The van der Waals surface area contributed by atoms with E-state index in [2.05, 4.69) is 19.9 Å². The Labute approximate surface area is 140 Å². The van der Waals surface area contributed by atoms with Gasteiger partial charge in [0.05, 0.1) is 12.9 Å². The van der Waals surface area contributed by atoms with Gasteiger partial charge >= 0.3 is 0 Å². The van der Waals surface area contributed by atoms with Crippen molar-refractivity contribution < 1.29 is 20.1 Å². The minimum Gasteiger partial charge on any atom is -0.394 e. The summed E-state index contributed by atoms with van der Waals surface area (Å²) >= 11 is 0. The molecule has 4 N–H and O–H groups in total. The van der Waals surface area contributed by atoms with Crippen LogP contribution in [0.4, 0.5) is 0 Å². The number of aliphatic hydroxyl groups excluding tert-OH is 3. The number of rotatable bonds is 3. The van der Waals surface area contributed by atoms with Gasteiger partial charge in [-0.1, -0.05) is 0 Å². The summed E-state index contributed by atoms with van der Waals surface area (Å²) in [4.78, 5) is 27.0. The smallest absolute Gasteiger partial charge is 0.278 e. The highest BCUT2D eigenvalue weighted by Gasteiger charge is 2.45. The van der Waals surface area contributed by atoms with E-state index in [1.807, 2.05) is 0 Å². The maximum atomic E-state index is 12.1. The topological polar surface area (TPSA) is 146 Å². The fourth-order valence-corrected chi connectivity index (χ4v) is 2.95. The molecule has 0 radical (unpaired) electrons. The van der Waals surface area contributed by atoms with Crippen molar-refractivity contribution >= 4 is 11.2 Å². The number of imidazole rings is 1. The molecule has 0 bridgehead atoms. The van der Waals surface area contributed by atoms with Gasteiger partial charge in [-0.05, 0) is 12.1 Å². The fraction of sp³-hybridized carbons (Fsp3) is 0.333. The molecule has 0 spiro atoms. The van der Waals surface area contributed by atoms with Gasteiger partial charge in [0.25, 0.3) is 5.56 Å². The lowest BCUT2D eigenvalue weighted by atomic mass is 10.1. The van der Waals surface area contributed by atoms with Crippen LogP contribution in [-0.4, -0.2) is 64.7 Å². The number of nitrogens with zero attached hydrogens (tertiary/aromatic N) is 4. The van der Waals surface area contributed by atoms with E-state index in [9.17, 15) is 20.1 Å². The largest absolute Gasteiger partial charge is 0.394 e. The lowest BCUT2D eigenvalue weighted by Crippen LogP contribution is -2.33. The number of fused-ring (bicyclic) bond motifs is 1. The molecule has 130 valence electrons. The summed E-state index contributed by atoms with van der Waals surface area (Å²) in [6, 6.07) is 3.44. The van der Waals surface area contributed by atoms with Crippen LogP contribution in [0.15, 0.2) is 35.6 Å². The average Bonchev–Trinajstić information content (AvgIpc) is 3.15. The van der Waals surface area contributed by atoms with E-state index in [0.717, 1.165) is 0 Å². The number of hydrogen-bond acceptors (Lipinski definition) is 8. The van der Waals surface area contributed by atoms with E-state index >= 15 is 0 Å². The second kappa shape index (κ2) is 6.01. The Hall–Kier alpha value is -2.66. The van der Waals surface area contributed by atoms with Gasteiger partial charge in [-0.3, -0.25) is 14.3 Å². The van der Waals surface area contributed by atoms with Crippen molar-refractivity contribution in [3.63, 3.8) is 0 Å². The van der Waals surface area contributed by atoms with Crippen LogP contribution in [-0.2, 0) is 4.74 Å². The monoisotopic (exact) mass is 345 g/mol. The zero-order valence-corrected chi connectivity index (χ0v) is 12.9. The van der Waals surface area contributed by atoms with Crippen LogP contribution in [0.2, 0.25) is 0 Å². The minimum atomic E-state index is -1.33. The van der Waals surface area contributed by atoms with E-state index < -0.39 is 36.7 Å². The Balaban J connectivity index is 1.96. The van der Waals surface area contributed by atoms with Crippen LogP contribution in [0.5, 0.6) is 0 Å². The molecule has 1 fully saturated rings. The van der Waals surface area contributed by atoms with E-state index in [4.69, 9.17) is 4.74 Å². The van der Waals surface area contributed by atoms with Gasteiger partial charge in [-0.2, -0.15) is 0 Å². The number of H-pyrrole nitrogens is 1. The Morgan fingerprint density at radius 1 is 1.32 bits per heavy atom. The number of pyridine rings is 1. The van der Waals surface area contributed by atoms with E-state index in [0.29, 0.717) is 11.4 Å². The van der Waals surface area contributed by atoms with Crippen molar-refractivity contribution in [1.29, 1.82) is 0 Å². The van der Waals surface area contributed by atoms with Crippen LogP contribution in [0.3, 0.4) is 0 Å². The van der Waals surface area contributed by atoms with Gasteiger partial charge in [-0.15, -0.1) is 0 Å². The number of aromatic nitrogens is 5. The molecule has 0 aromatic carbocycles. The molecule has 0 amide bonds. The Morgan fingerprint density at radius 3 is 2.84 bits per heavy atom. The van der Waals surface area contributed by atoms with Crippen LogP contribution in [0, 0.1) is 0 Å². The zero-order valence-electron chi connectivity index (χ0n) is 12.9. The van der Waals surface area contributed by atoms with Crippen molar-refractivity contribution in [2.24, 2.45) is 0 Å². The highest BCUT2D eigenvalue weighted by molar-refractivity contribution is 5.76. The number of aromatic amines is 1. The van der Waals surface area contributed by atoms with Gasteiger partial charge < -0.3 is 25.0 Å². The Morgan fingerprint density at radius 2 is 2.16 bits per heavy atom. The second-order valence-electron chi connectivity index (χ2n) is 5.68. The summed E-state index contributed by atoms with van der Waals surface area (Å²) in [5.41, 5.74) is 0.398. The first-order valence-electron chi connectivity index (χ1n) is 7.60. The van der Waals surface area contributed by atoms with Crippen LogP contribution < -0.4 is 5.56 Å². The van der Waals surface area contributed by atoms with Gasteiger partial charge in [0.1, 0.15) is 24.1 Å². The fourth-order valence-electron chi connectivity index (χ4n) is 2.95. The van der Waals surface area contributed by atoms with Crippen LogP contribution in [0.25, 0.3) is 22.6 Å². The van der Waals surface area contributed by atoms with Crippen molar-refractivity contribution in [2.45, 2.75) is 24.5 Å². The molecule has 10 nitrogen and oxygen atoms in total. The Kier molecular flexibility index (Phi) is 3.81. The van der Waals surface area contributed by atoms with Gasteiger partial charge in [0.2, 0.25) is 0 Å². The first kappa shape index (κ1) is 15.8. The molecular formula is C15H15N5O5. The molecule has 1 aliphatic rings. The molecule has 0 saturated carbocycles. The van der Waals surface area contributed by atoms with E-state index in [-0.39, 0.29) is 11.2 Å². The third-order valence-electron chi connectivity index (χ3n) is 4.17. The summed E-state index contributed by atoms with van der Waals surface area (Å²) in [7, 11) is 0. The molecule has 3 aromatic rings. The third-order valence-corrected chi connectivity index (χ3v) is 4.17. The molecule has 4 unspecified atom stereocenters. The van der Waals surface area contributed by atoms with Crippen molar-refractivity contribution in [3.05, 3.63) is 41.2 Å². The predicted molar refractivity (Wildman–Crippen MR) is 84.4 cm³/mol. The number of hydrogen-bond donors (Lipinski definition) is 4.